The lowest BCUT2D eigenvalue weighted by Crippen LogP contribution is -2.27. The van der Waals surface area contributed by atoms with Crippen LogP contribution in [0.1, 0.15) is 11.5 Å². The number of halogens is 4. The number of carbonyl (C=O) groups excluding carboxylic acids is 1. The SMILES string of the molecule is O=C1Nc2ccc(Cl)cc2C1C(F)(F)F. The van der Waals surface area contributed by atoms with Crippen LogP contribution in [0.5, 0.6) is 0 Å². The number of alkyl halides is 3. The van der Waals surface area contributed by atoms with E-state index in [4.69, 9.17) is 11.6 Å². The fraction of sp³-hybridized carbons (Fsp3) is 0.222. The Balaban J connectivity index is 2.53. The van der Waals surface area contributed by atoms with Gasteiger partial charge in [0.05, 0.1) is 0 Å². The lowest BCUT2D eigenvalue weighted by atomic mass is 10.0. The van der Waals surface area contributed by atoms with E-state index in [9.17, 15) is 18.0 Å². The Hall–Kier alpha value is -1.23. The predicted molar refractivity (Wildman–Crippen MR) is 48.9 cm³/mol. The largest absolute Gasteiger partial charge is 0.404 e. The Labute approximate surface area is 88.0 Å². The molecule has 2 nitrogen and oxygen atoms in total. The highest BCUT2D eigenvalue weighted by Gasteiger charge is 2.50. The molecule has 1 unspecified atom stereocenters. The van der Waals surface area contributed by atoms with Crippen LogP contribution in [0.3, 0.4) is 0 Å². The van der Waals surface area contributed by atoms with Crippen molar-refractivity contribution in [1.29, 1.82) is 0 Å². The van der Waals surface area contributed by atoms with Gasteiger partial charge in [-0.1, -0.05) is 11.6 Å². The quantitative estimate of drug-likeness (QED) is 0.736. The zero-order valence-electron chi connectivity index (χ0n) is 7.23. The minimum atomic E-state index is -4.58. The Morgan fingerprint density at radius 2 is 2.00 bits per heavy atom. The molecule has 1 aromatic carbocycles. The maximum atomic E-state index is 12.5. The summed E-state index contributed by atoms with van der Waals surface area (Å²) in [4.78, 5) is 11.1. The van der Waals surface area contributed by atoms with Gasteiger partial charge in [0.1, 0.15) is 0 Å². The monoisotopic (exact) mass is 235 g/mol. The van der Waals surface area contributed by atoms with E-state index in [1.165, 1.54) is 12.1 Å². The molecule has 1 aliphatic rings. The minimum Gasteiger partial charge on any atom is -0.325 e. The maximum absolute atomic E-state index is 12.5. The summed E-state index contributed by atoms with van der Waals surface area (Å²) >= 11 is 5.58. The molecule has 0 saturated heterocycles. The van der Waals surface area contributed by atoms with Crippen molar-refractivity contribution in [2.45, 2.75) is 12.1 Å². The van der Waals surface area contributed by atoms with Gasteiger partial charge in [-0.3, -0.25) is 4.79 Å². The van der Waals surface area contributed by atoms with Crippen molar-refractivity contribution in [1.82, 2.24) is 0 Å². The zero-order chi connectivity index (χ0) is 11.2. The molecule has 80 valence electrons. The van der Waals surface area contributed by atoms with Crippen LogP contribution in [-0.2, 0) is 4.79 Å². The summed E-state index contributed by atoms with van der Waals surface area (Å²) in [5, 5.41) is 2.34. The van der Waals surface area contributed by atoms with Gasteiger partial charge in [0.2, 0.25) is 5.91 Å². The number of carbonyl (C=O) groups is 1. The first-order chi connectivity index (χ1) is 6.89. The third kappa shape index (κ3) is 1.67. The van der Waals surface area contributed by atoms with Gasteiger partial charge in [0, 0.05) is 10.7 Å². The minimum absolute atomic E-state index is 0.111. The molecule has 1 heterocycles. The van der Waals surface area contributed by atoms with Gasteiger partial charge in [-0.15, -0.1) is 0 Å². The zero-order valence-corrected chi connectivity index (χ0v) is 7.99. The van der Waals surface area contributed by atoms with Crippen molar-refractivity contribution >= 4 is 23.2 Å². The molecule has 0 aliphatic carbocycles. The Bertz CT molecular complexity index is 430. The Morgan fingerprint density at radius 3 is 2.60 bits per heavy atom. The summed E-state index contributed by atoms with van der Waals surface area (Å²) in [6, 6.07) is 3.95. The molecule has 0 radical (unpaired) electrons. The fourth-order valence-electron chi connectivity index (χ4n) is 1.56. The summed E-state index contributed by atoms with van der Waals surface area (Å²) in [6.07, 6.45) is -4.58. The van der Waals surface area contributed by atoms with Crippen LogP contribution in [0.2, 0.25) is 5.02 Å². The lowest BCUT2D eigenvalue weighted by molar-refractivity contribution is -0.160. The molecule has 0 spiro atoms. The molecule has 1 aromatic rings. The third-order valence-corrected chi connectivity index (χ3v) is 2.41. The molecule has 0 aromatic heterocycles. The van der Waals surface area contributed by atoms with E-state index in [1.54, 1.807) is 0 Å². The fourth-order valence-corrected chi connectivity index (χ4v) is 1.74. The van der Waals surface area contributed by atoms with Crippen molar-refractivity contribution in [3.8, 4) is 0 Å². The number of nitrogens with one attached hydrogen (secondary N) is 1. The standard InChI is InChI=1S/C9H5ClF3NO/c10-4-1-2-6-5(3-4)7(8(15)14-6)9(11,12)13/h1-3,7H,(H,14,15). The van der Waals surface area contributed by atoms with Crippen molar-refractivity contribution in [3.05, 3.63) is 28.8 Å². The summed E-state index contributed by atoms with van der Waals surface area (Å²) in [6.45, 7) is 0. The third-order valence-electron chi connectivity index (χ3n) is 2.17. The van der Waals surface area contributed by atoms with Gasteiger partial charge in [-0.05, 0) is 23.8 Å². The molecule has 2 rings (SSSR count). The van der Waals surface area contributed by atoms with E-state index < -0.39 is 18.0 Å². The van der Waals surface area contributed by atoms with E-state index in [1.807, 2.05) is 0 Å². The van der Waals surface area contributed by atoms with Crippen molar-refractivity contribution < 1.29 is 18.0 Å². The van der Waals surface area contributed by atoms with Gasteiger partial charge in [-0.25, -0.2) is 0 Å². The molecule has 1 amide bonds. The topological polar surface area (TPSA) is 29.1 Å². The molecule has 1 atom stereocenters. The second kappa shape index (κ2) is 3.13. The van der Waals surface area contributed by atoms with E-state index in [0.717, 1.165) is 6.07 Å². The summed E-state index contributed by atoms with van der Waals surface area (Å²) in [5.41, 5.74) is 0.0618. The predicted octanol–water partition coefficient (Wildman–Crippen LogP) is 2.94. The number of amides is 1. The van der Waals surface area contributed by atoms with Gasteiger partial charge in [0.15, 0.2) is 5.92 Å². The second-order valence-electron chi connectivity index (χ2n) is 3.20. The molecular formula is C9H5ClF3NO. The van der Waals surface area contributed by atoms with E-state index in [-0.39, 0.29) is 16.3 Å². The highest BCUT2D eigenvalue weighted by molar-refractivity contribution is 6.31. The van der Waals surface area contributed by atoms with E-state index in [0.29, 0.717) is 0 Å². The lowest BCUT2D eigenvalue weighted by Gasteiger charge is -2.12. The number of benzene rings is 1. The first-order valence-electron chi connectivity index (χ1n) is 4.06. The molecule has 1 N–H and O–H groups in total. The van der Waals surface area contributed by atoms with Gasteiger partial charge in [-0.2, -0.15) is 13.2 Å². The molecule has 6 heteroatoms. The van der Waals surface area contributed by atoms with Crippen molar-refractivity contribution in [2.24, 2.45) is 0 Å². The molecular weight excluding hydrogens is 231 g/mol. The summed E-state index contributed by atoms with van der Waals surface area (Å²) < 4.78 is 37.6. The van der Waals surface area contributed by atoms with Crippen molar-refractivity contribution in [2.75, 3.05) is 5.32 Å². The smallest absolute Gasteiger partial charge is 0.325 e. The Morgan fingerprint density at radius 1 is 1.33 bits per heavy atom. The summed E-state index contributed by atoms with van der Waals surface area (Å²) in [7, 11) is 0. The number of rotatable bonds is 0. The molecule has 15 heavy (non-hydrogen) atoms. The van der Waals surface area contributed by atoms with Crippen LogP contribution in [0.4, 0.5) is 18.9 Å². The molecule has 0 bridgehead atoms. The molecule has 0 fully saturated rings. The van der Waals surface area contributed by atoms with Crippen LogP contribution in [0.15, 0.2) is 18.2 Å². The average molecular weight is 236 g/mol. The second-order valence-corrected chi connectivity index (χ2v) is 3.63. The number of hydrogen-bond donors (Lipinski definition) is 1. The van der Waals surface area contributed by atoms with Gasteiger partial charge in [0.25, 0.3) is 0 Å². The van der Waals surface area contributed by atoms with E-state index in [2.05, 4.69) is 5.32 Å². The highest BCUT2D eigenvalue weighted by Crippen LogP contribution is 2.43. The Kier molecular flexibility index (Phi) is 2.15. The number of fused-ring (bicyclic) bond motifs is 1. The van der Waals surface area contributed by atoms with Crippen molar-refractivity contribution in [3.63, 3.8) is 0 Å². The van der Waals surface area contributed by atoms with Crippen LogP contribution < -0.4 is 5.32 Å². The first kappa shape index (κ1) is 10.3. The van der Waals surface area contributed by atoms with Gasteiger partial charge >= 0.3 is 6.18 Å². The van der Waals surface area contributed by atoms with Crippen LogP contribution in [0.25, 0.3) is 0 Å². The number of anilines is 1. The molecule has 1 aliphatic heterocycles. The highest BCUT2D eigenvalue weighted by atomic mass is 35.5. The van der Waals surface area contributed by atoms with Crippen LogP contribution in [-0.4, -0.2) is 12.1 Å². The first-order valence-corrected chi connectivity index (χ1v) is 4.44. The molecule has 0 saturated carbocycles. The maximum Gasteiger partial charge on any atom is 0.404 e. The van der Waals surface area contributed by atoms with Crippen LogP contribution >= 0.6 is 11.6 Å². The van der Waals surface area contributed by atoms with Crippen LogP contribution in [0, 0.1) is 0 Å². The van der Waals surface area contributed by atoms with E-state index >= 15 is 0 Å². The summed E-state index contributed by atoms with van der Waals surface area (Å²) in [5.74, 6) is -3.16. The normalized spacial score (nSPS) is 20.0. The van der Waals surface area contributed by atoms with Gasteiger partial charge < -0.3 is 5.32 Å². The average Bonchev–Trinajstić information content (AvgIpc) is 2.38. The number of hydrogen-bond acceptors (Lipinski definition) is 1.